The Morgan fingerprint density at radius 3 is 2.69 bits per heavy atom. The van der Waals surface area contributed by atoms with Crippen LogP contribution in [0.15, 0.2) is 42.5 Å². The highest BCUT2D eigenvalue weighted by Gasteiger charge is 2.32. The fourth-order valence-electron chi connectivity index (χ4n) is 2.25. The number of anilines is 1. The number of urea groups is 1. The van der Waals surface area contributed by atoms with Crippen molar-refractivity contribution >= 4 is 11.7 Å². The Kier molecular flexibility index (Phi) is 4.89. The van der Waals surface area contributed by atoms with Gasteiger partial charge in [-0.05, 0) is 24.3 Å². The van der Waals surface area contributed by atoms with Crippen LogP contribution in [0.4, 0.5) is 23.7 Å². The van der Waals surface area contributed by atoms with Crippen LogP contribution in [-0.4, -0.2) is 19.4 Å². The lowest BCUT2D eigenvalue weighted by Crippen LogP contribution is -2.28. The summed E-state index contributed by atoms with van der Waals surface area (Å²) >= 11 is 0. The van der Waals surface area contributed by atoms with Crippen LogP contribution in [0.3, 0.4) is 0 Å². The molecule has 2 N–H and O–H groups in total. The zero-order valence-electron chi connectivity index (χ0n) is 13.3. The van der Waals surface area contributed by atoms with Gasteiger partial charge in [0.25, 0.3) is 0 Å². The molecule has 26 heavy (non-hydrogen) atoms. The minimum absolute atomic E-state index is 0.109. The number of fused-ring (bicyclic) bond motifs is 1. The number of amides is 2. The minimum atomic E-state index is -4.48. The van der Waals surface area contributed by atoms with Crippen LogP contribution in [0.5, 0.6) is 11.5 Å². The van der Waals surface area contributed by atoms with Crippen molar-refractivity contribution in [2.75, 3.05) is 18.7 Å². The molecule has 0 bridgehead atoms. The Morgan fingerprint density at radius 2 is 1.88 bits per heavy atom. The molecule has 2 amide bonds. The molecular formula is C18H13F3N2O3. The van der Waals surface area contributed by atoms with Gasteiger partial charge in [0.05, 0.1) is 12.1 Å². The fraction of sp³-hybridized carbons (Fsp3) is 0.167. The van der Waals surface area contributed by atoms with Crippen LogP contribution < -0.4 is 20.1 Å². The third-order valence-corrected chi connectivity index (χ3v) is 3.42. The number of rotatable bonds is 2. The van der Waals surface area contributed by atoms with Gasteiger partial charge in [-0.25, -0.2) is 4.79 Å². The Morgan fingerprint density at radius 1 is 1.12 bits per heavy atom. The first-order valence-corrected chi connectivity index (χ1v) is 7.53. The normalized spacial score (nSPS) is 12.1. The zero-order valence-corrected chi connectivity index (χ0v) is 13.3. The number of hydrogen-bond acceptors (Lipinski definition) is 3. The van der Waals surface area contributed by atoms with Crippen LogP contribution in [0.1, 0.15) is 11.1 Å². The van der Waals surface area contributed by atoms with E-state index >= 15 is 0 Å². The standard InChI is InChI=1S/C18H13F3N2O3/c19-18(20,21)14-6-2-1-4-12(14)5-3-9-22-17(24)23-13-7-8-15-16(10-13)26-11-25-15/h1-2,4,6-8,10H,9,11H2,(H2,22,23,24). The molecule has 3 rings (SSSR count). The van der Waals surface area contributed by atoms with E-state index in [4.69, 9.17) is 9.47 Å². The number of halogens is 3. The third-order valence-electron chi connectivity index (χ3n) is 3.42. The lowest BCUT2D eigenvalue weighted by atomic mass is 10.1. The molecular weight excluding hydrogens is 349 g/mol. The zero-order chi connectivity index (χ0) is 18.6. The molecule has 0 radical (unpaired) electrons. The molecule has 5 nitrogen and oxygen atoms in total. The van der Waals surface area contributed by atoms with Gasteiger partial charge in [0, 0.05) is 17.3 Å². The average molecular weight is 362 g/mol. The summed E-state index contributed by atoms with van der Waals surface area (Å²) in [6, 6.07) is 9.37. The van der Waals surface area contributed by atoms with Gasteiger partial charge in [-0.1, -0.05) is 24.0 Å². The van der Waals surface area contributed by atoms with Gasteiger partial charge in [0.2, 0.25) is 6.79 Å². The summed E-state index contributed by atoms with van der Waals surface area (Å²) in [5.41, 5.74) is -0.461. The van der Waals surface area contributed by atoms with Gasteiger partial charge >= 0.3 is 12.2 Å². The van der Waals surface area contributed by atoms with Gasteiger partial charge in [-0.2, -0.15) is 13.2 Å². The van der Waals surface area contributed by atoms with E-state index < -0.39 is 17.8 Å². The van der Waals surface area contributed by atoms with Gasteiger partial charge in [-0.15, -0.1) is 0 Å². The predicted molar refractivity (Wildman–Crippen MR) is 87.9 cm³/mol. The quantitative estimate of drug-likeness (QED) is 0.803. The maximum Gasteiger partial charge on any atom is 0.417 e. The van der Waals surface area contributed by atoms with Crippen molar-refractivity contribution in [2.24, 2.45) is 0 Å². The molecule has 0 saturated heterocycles. The van der Waals surface area contributed by atoms with Crippen LogP contribution >= 0.6 is 0 Å². The van der Waals surface area contributed by atoms with Crippen molar-refractivity contribution in [1.82, 2.24) is 5.32 Å². The Bertz CT molecular complexity index is 885. The summed E-state index contributed by atoms with van der Waals surface area (Å²) in [7, 11) is 0. The summed E-state index contributed by atoms with van der Waals surface area (Å²) in [5, 5.41) is 5.02. The maximum absolute atomic E-state index is 12.9. The lowest BCUT2D eigenvalue weighted by Gasteiger charge is -2.08. The van der Waals surface area contributed by atoms with Crippen molar-refractivity contribution in [3.05, 3.63) is 53.6 Å². The molecule has 1 aliphatic rings. The summed E-state index contributed by atoms with van der Waals surface area (Å²) in [6.07, 6.45) is -4.48. The number of hydrogen-bond donors (Lipinski definition) is 2. The molecule has 2 aromatic rings. The molecule has 2 aromatic carbocycles. The smallest absolute Gasteiger partial charge is 0.417 e. The first kappa shape index (κ1) is 17.5. The Balaban J connectivity index is 1.56. The molecule has 0 saturated carbocycles. The molecule has 1 aliphatic heterocycles. The number of carbonyl (C=O) groups excluding carboxylic acids is 1. The number of nitrogens with one attached hydrogen (secondary N) is 2. The van der Waals surface area contributed by atoms with E-state index in [-0.39, 0.29) is 18.9 Å². The van der Waals surface area contributed by atoms with Crippen LogP contribution in [0, 0.1) is 11.8 Å². The van der Waals surface area contributed by atoms with Gasteiger partial charge < -0.3 is 20.1 Å². The van der Waals surface area contributed by atoms with E-state index in [1.807, 2.05) is 0 Å². The molecule has 0 spiro atoms. The molecule has 8 heteroatoms. The van der Waals surface area contributed by atoms with Crippen molar-refractivity contribution in [3.8, 4) is 23.3 Å². The molecule has 0 aliphatic carbocycles. The monoisotopic (exact) mass is 362 g/mol. The van der Waals surface area contributed by atoms with Crippen molar-refractivity contribution in [2.45, 2.75) is 6.18 Å². The second kappa shape index (κ2) is 7.27. The fourth-order valence-corrected chi connectivity index (χ4v) is 2.25. The summed E-state index contributed by atoms with van der Waals surface area (Å²) in [4.78, 5) is 11.8. The third kappa shape index (κ3) is 4.19. The molecule has 0 unspecified atom stereocenters. The molecule has 0 aromatic heterocycles. The lowest BCUT2D eigenvalue weighted by molar-refractivity contribution is -0.137. The van der Waals surface area contributed by atoms with Gasteiger partial charge in [0.15, 0.2) is 11.5 Å². The Hall–Kier alpha value is -3.34. The second-order valence-corrected chi connectivity index (χ2v) is 5.22. The minimum Gasteiger partial charge on any atom is -0.454 e. The predicted octanol–water partition coefficient (Wildman–Crippen LogP) is 3.61. The van der Waals surface area contributed by atoms with E-state index in [2.05, 4.69) is 22.5 Å². The first-order valence-electron chi connectivity index (χ1n) is 7.53. The molecule has 1 heterocycles. The topological polar surface area (TPSA) is 59.6 Å². The van der Waals surface area contributed by atoms with Crippen LogP contribution in [0.2, 0.25) is 0 Å². The number of benzene rings is 2. The summed E-state index contributed by atoms with van der Waals surface area (Å²) in [5.74, 6) is 6.04. The van der Waals surface area contributed by atoms with E-state index in [1.165, 1.54) is 18.2 Å². The number of alkyl halides is 3. The van der Waals surface area contributed by atoms with Gasteiger partial charge in [-0.3, -0.25) is 0 Å². The second-order valence-electron chi connectivity index (χ2n) is 5.22. The van der Waals surface area contributed by atoms with Crippen molar-refractivity contribution in [1.29, 1.82) is 0 Å². The van der Waals surface area contributed by atoms with Crippen molar-refractivity contribution < 1.29 is 27.4 Å². The highest BCUT2D eigenvalue weighted by Crippen LogP contribution is 2.34. The SMILES string of the molecule is O=C(NCC#Cc1ccccc1C(F)(F)F)Nc1ccc2c(c1)OCO2. The average Bonchev–Trinajstić information content (AvgIpc) is 3.06. The van der Waals surface area contributed by atoms with Crippen molar-refractivity contribution in [3.63, 3.8) is 0 Å². The maximum atomic E-state index is 12.9. The van der Waals surface area contributed by atoms with Crippen LogP contribution in [-0.2, 0) is 6.18 Å². The first-order chi connectivity index (χ1) is 12.4. The molecule has 134 valence electrons. The summed E-state index contributed by atoms with van der Waals surface area (Å²) < 4.78 is 48.9. The summed E-state index contributed by atoms with van der Waals surface area (Å²) in [6.45, 7) is 0.0164. The number of carbonyl (C=O) groups is 1. The highest BCUT2D eigenvalue weighted by atomic mass is 19.4. The van der Waals surface area contributed by atoms with Crippen LogP contribution in [0.25, 0.3) is 0 Å². The molecule has 0 atom stereocenters. The number of ether oxygens (including phenoxy) is 2. The van der Waals surface area contributed by atoms with E-state index in [0.29, 0.717) is 17.2 Å². The largest absolute Gasteiger partial charge is 0.454 e. The van der Waals surface area contributed by atoms with E-state index in [1.54, 1.807) is 18.2 Å². The van der Waals surface area contributed by atoms with E-state index in [0.717, 1.165) is 6.07 Å². The van der Waals surface area contributed by atoms with Gasteiger partial charge in [0.1, 0.15) is 0 Å². The highest BCUT2D eigenvalue weighted by molar-refractivity contribution is 5.89. The van der Waals surface area contributed by atoms with E-state index in [9.17, 15) is 18.0 Å². The Labute approximate surface area is 147 Å². The molecule has 0 fully saturated rings.